The molecule has 0 saturated carbocycles. The lowest BCUT2D eigenvalue weighted by atomic mass is 10.1. The molecule has 1 rings (SSSR count). The molecule has 0 heterocycles. The standard InChI is InChI=1S/C18H34O3.C6H6.2H3O4P.3H2O/c1-2-3-4-11-14-17(19)15-12-9-7-5-6-8-10-13-16-18(20)21;1-2-4-6-5-3-1;2*1-5(2,3)4;;;/h9,12,17,19H,2-8,10-11,13-16H2,1H3,(H,20,21);1-6H;2*(H3,1,2,3,4);3*1H2/b12-9-;;;;;;. The molecule has 1 aromatic carbocycles. The van der Waals surface area contributed by atoms with Crippen molar-refractivity contribution in [2.75, 3.05) is 0 Å². The van der Waals surface area contributed by atoms with Crippen molar-refractivity contribution in [2.24, 2.45) is 0 Å². The van der Waals surface area contributed by atoms with Crippen molar-refractivity contribution in [3.8, 4) is 0 Å². The SMILES string of the molecule is CCCCCCC(O)C/C=C\CCCCCCCC(=O)O.O.O.O.O=P(O)(O)O.O=P(O)(O)O.c1ccccc1. The maximum atomic E-state index is 10.3. The van der Waals surface area contributed by atoms with Crippen molar-refractivity contribution < 1.29 is 69.9 Å². The van der Waals surface area contributed by atoms with Crippen molar-refractivity contribution in [3.63, 3.8) is 0 Å². The summed E-state index contributed by atoms with van der Waals surface area (Å²) in [7, 11) is -9.28. The molecule has 0 aliphatic heterocycles. The Hall–Kier alpha value is -1.51. The quantitative estimate of drug-likeness (QED) is 0.0793. The summed E-state index contributed by atoms with van der Waals surface area (Å²) in [4.78, 5) is 53.5. The molecule has 1 unspecified atom stereocenters. The number of aliphatic carboxylic acids is 1. The molecular weight excluding hydrogens is 574 g/mol. The maximum absolute atomic E-state index is 10.3. The first-order valence-corrected chi connectivity index (χ1v) is 15.4. The minimum atomic E-state index is -4.64. The number of hydrogen-bond donors (Lipinski definition) is 8. The third-order valence-electron chi connectivity index (χ3n) is 4.39. The first kappa shape index (κ1) is 51.2. The van der Waals surface area contributed by atoms with Gasteiger partial charge in [-0.25, -0.2) is 9.13 Å². The molecule has 14 N–H and O–H groups in total. The van der Waals surface area contributed by atoms with Gasteiger partial charge in [0.2, 0.25) is 0 Å². The van der Waals surface area contributed by atoms with Gasteiger partial charge in [0.05, 0.1) is 6.10 Å². The van der Waals surface area contributed by atoms with Gasteiger partial charge < -0.3 is 56.0 Å². The van der Waals surface area contributed by atoms with Crippen molar-refractivity contribution in [3.05, 3.63) is 48.6 Å². The van der Waals surface area contributed by atoms with Crippen molar-refractivity contribution in [1.82, 2.24) is 0 Å². The first-order valence-electron chi connectivity index (χ1n) is 12.3. The van der Waals surface area contributed by atoms with Gasteiger partial charge in [-0.1, -0.05) is 100 Å². The number of aliphatic hydroxyl groups excluding tert-OH is 1. The van der Waals surface area contributed by atoms with Gasteiger partial charge in [0.25, 0.3) is 0 Å². The van der Waals surface area contributed by atoms with Crippen LogP contribution < -0.4 is 0 Å². The van der Waals surface area contributed by atoms with Gasteiger partial charge >= 0.3 is 21.6 Å². The number of phosphoric acid groups is 2. The Morgan fingerprint density at radius 2 is 1.05 bits per heavy atom. The second-order valence-corrected chi connectivity index (χ2v) is 10.1. The van der Waals surface area contributed by atoms with Gasteiger partial charge in [0.1, 0.15) is 0 Å². The Balaban J connectivity index is -0.000000124. The maximum Gasteiger partial charge on any atom is 0.466 e. The van der Waals surface area contributed by atoms with Crippen LogP contribution in [0.3, 0.4) is 0 Å². The van der Waals surface area contributed by atoms with E-state index in [1.807, 2.05) is 36.4 Å². The van der Waals surface area contributed by atoms with Crippen molar-refractivity contribution in [1.29, 1.82) is 0 Å². The minimum Gasteiger partial charge on any atom is -0.481 e. The van der Waals surface area contributed by atoms with E-state index >= 15 is 0 Å². The average molecular weight is 627 g/mol. The number of aliphatic hydroxyl groups is 1. The van der Waals surface area contributed by atoms with Gasteiger partial charge in [-0.3, -0.25) is 4.79 Å². The van der Waals surface area contributed by atoms with Crippen LogP contribution in [0.5, 0.6) is 0 Å². The van der Waals surface area contributed by atoms with E-state index in [-0.39, 0.29) is 22.5 Å². The summed E-state index contributed by atoms with van der Waals surface area (Å²) < 4.78 is 17.8. The lowest BCUT2D eigenvalue weighted by Crippen LogP contribution is -2.04. The molecule has 242 valence electrons. The number of allylic oxidation sites excluding steroid dienone is 1. The summed E-state index contributed by atoms with van der Waals surface area (Å²) in [5, 5.41) is 18.3. The Morgan fingerprint density at radius 1 is 0.675 bits per heavy atom. The van der Waals surface area contributed by atoms with E-state index in [0.29, 0.717) is 6.42 Å². The fourth-order valence-electron chi connectivity index (χ4n) is 2.75. The molecule has 0 spiro atoms. The summed E-state index contributed by atoms with van der Waals surface area (Å²) in [6.07, 6.45) is 17.4. The van der Waals surface area contributed by atoms with Crippen LogP contribution in [0.1, 0.15) is 90.4 Å². The van der Waals surface area contributed by atoms with E-state index in [4.69, 9.17) is 43.6 Å². The fourth-order valence-corrected chi connectivity index (χ4v) is 2.75. The highest BCUT2D eigenvalue weighted by Gasteiger charge is 2.01. The second-order valence-electron chi connectivity index (χ2n) is 8.09. The molecule has 16 heteroatoms. The summed E-state index contributed by atoms with van der Waals surface area (Å²) >= 11 is 0. The summed E-state index contributed by atoms with van der Waals surface area (Å²) in [6, 6.07) is 12.0. The van der Waals surface area contributed by atoms with Gasteiger partial charge in [0.15, 0.2) is 0 Å². The monoisotopic (exact) mass is 626 g/mol. The van der Waals surface area contributed by atoms with Crippen molar-refractivity contribution in [2.45, 2.75) is 96.5 Å². The van der Waals surface area contributed by atoms with Crippen LogP contribution in [-0.2, 0) is 13.9 Å². The van der Waals surface area contributed by atoms with Gasteiger partial charge in [-0.15, -0.1) is 0 Å². The lowest BCUT2D eigenvalue weighted by Gasteiger charge is -2.07. The molecule has 0 aromatic heterocycles. The zero-order chi connectivity index (χ0) is 29.0. The number of rotatable bonds is 15. The Kier molecular flexibility index (Phi) is 45.5. The Morgan fingerprint density at radius 3 is 1.45 bits per heavy atom. The lowest BCUT2D eigenvalue weighted by molar-refractivity contribution is -0.137. The van der Waals surface area contributed by atoms with E-state index in [1.165, 1.54) is 25.7 Å². The zero-order valence-corrected chi connectivity index (χ0v) is 24.9. The molecule has 40 heavy (non-hydrogen) atoms. The normalized spacial score (nSPS) is 10.9. The molecule has 0 aliphatic rings. The summed E-state index contributed by atoms with van der Waals surface area (Å²) in [5.41, 5.74) is 0. The zero-order valence-electron chi connectivity index (χ0n) is 23.1. The van der Waals surface area contributed by atoms with E-state index in [9.17, 15) is 9.90 Å². The van der Waals surface area contributed by atoms with E-state index in [0.717, 1.165) is 51.4 Å². The number of hydrogen-bond acceptors (Lipinski definition) is 4. The number of benzene rings is 1. The third-order valence-corrected chi connectivity index (χ3v) is 4.39. The summed E-state index contributed by atoms with van der Waals surface area (Å²) in [5.74, 6) is -0.689. The highest BCUT2D eigenvalue weighted by Crippen LogP contribution is 2.26. The van der Waals surface area contributed by atoms with Crippen molar-refractivity contribution >= 4 is 21.6 Å². The Labute approximate surface area is 236 Å². The molecule has 0 aliphatic carbocycles. The van der Waals surface area contributed by atoms with Gasteiger partial charge in [0, 0.05) is 6.42 Å². The van der Waals surface area contributed by atoms with Crippen LogP contribution in [0.15, 0.2) is 48.6 Å². The molecule has 1 aromatic rings. The highest BCUT2D eigenvalue weighted by molar-refractivity contribution is 7.45. The summed E-state index contributed by atoms with van der Waals surface area (Å²) in [6.45, 7) is 2.20. The molecule has 0 amide bonds. The van der Waals surface area contributed by atoms with Gasteiger partial charge in [-0.2, -0.15) is 0 Å². The number of carboxylic acid groups (broad SMARTS) is 1. The minimum absolute atomic E-state index is 0. The second kappa shape index (κ2) is 35.5. The number of unbranched alkanes of at least 4 members (excludes halogenated alkanes) is 8. The van der Waals surface area contributed by atoms with E-state index in [1.54, 1.807) is 0 Å². The van der Waals surface area contributed by atoms with Crippen LogP contribution >= 0.6 is 15.6 Å². The molecule has 0 bridgehead atoms. The predicted molar refractivity (Wildman–Crippen MR) is 154 cm³/mol. The van der Waals surface area contributed by atoms with Crippen LogP contribution in [-0.4, -0.2) is 68.1 Å². The average Bonchev–Trinajstić information content (AvgIpc) is 2.77. The molecule has 0 radical (unpaired) electrons. The van der Waals surface area contributed by atoms with E-state index < -0.39 is 21.6 Å². The first-order chi connectivity index (χ1) is 17.2. The molecule has 14 nitrogen and oxygen atoms in total. The predicted octanol–water partition coefficient (Wildman–Crippen LogP) is 2.43. The number of carboxylic acids is 1. The number of carbonyl (C=O) groups is 1. The van der Waals surface area contributed by atoms with Gasteiger partial charge in [-0.05, 0) is 32.1 Å². The topological polar surface area (TPSA) is 308 Å². The van der Waals surface area contributed by atoms with E-state index in [2.05, 4.69) is 19.1 Å². The molecule has 1 atom stereocenters. The highest BCUT2D eigenvalue weighted by atomic mass is 31.2. The van der Waals surface area contributed by atoms with Crippen LogP contribution in [0.4, 0.5) is 0 Å². The van der Waals surface area contributed by atoms with Crippen LogP contribution in [0.25, 0.3) is 0 Å². The Bertz CT molecular complexity index is 675. The molecule has 0 saturated heterocycles. The molecule has 0 fully saturated rings. The largest absolute Gasteiger partial charge is 0.481 e. The smallest absolute Gasteiger partial charge is 0.466 e. The third kappa shape index (κ3) is 83.3. The van der Waals surface area contributed by atoms with Crippen LogP contribution in [0.2, 0.25) is 0 Å². The van der Waals surface area contributed by atoms with Crippen LogP contribution in [0, 0.1) is 0 Å². The fraction of sp³-hybridized carbons (Fsp3) is 0.625. The molecular formula is C24H52O14P2.